The summed E-state index contributed by atoms with van der Waals surface area (Å²) in [6.07, 6.45) is 0.680. The van der Waals surface area contributed by atoms with Crippen LogP contribution < -0.4 is 5.56 Å². The molecule has 0 fully saturated rings. The smallest absolute Gasteiger partial charge is 0.316 e. The molecule has 0 N–H and O–H groups in total. The van der Waals surface area contributed by atoms with Crippen molar-refractivity contribution >= 4 is 39.3 Å². The van der Waals surface area contributed by atoms with E-state index in [0.29, 0.717) is 34.9 Å². The minimum atomic E-state index is -0.351. The summed E-state index contributed by atoms with van der Waals surface area (Å²) in [6, 6.07) is 9.79. The number of methoxy groups -OCH3 is 1. The Morgan fingerprint density at radius 2 is 2.10 bits per heavy atom. The first-order valence-electron chi connectivity index (χ1n) is 9.30. The van der Waals surface area contributed by atoms with Crippen LogP contribution in [-0.4, -0.2) is 34.0 Å². The summed E-state index contributed by atoms with van der Waals surface area (Å²) in [5.41, 5.74) is 1.67. The van der Waals surface area contributed by atoms with Gasteiger partial charge in [-0.15, -0.1) is 11.3 Å². The molecule has 0 saturated carbocycles. The minimum Gasteiger partial charge on any atom is -0.468 e. The fraction of sp³-hybridized carbons (Fsp3) is 0.381. The number of thiophene rings is 1. The highest BCUT2D eigenvalue weighted by Crippen LogP contribution is 2.37. The average Bonchev–Trinajstić information content (AvgIpc) is 3.05. The molecule has 1 aromatic carbocycles. The second kappa shape index (κ2) is 7.93. The standard InChI is InChI=1S/C21H22N2O4S2/c1-21(2)9-14-15(11-27-21)29-18-17(14)19(25)23(10-13-7-5-4-6-8-13)20(22-18)28-12-16(24)26-3/h4-8H,9-12H2,1-3H3. The number of aromatic nitrogens is 2. The Bertz CT molecular complexity index is 1120. The lowest BCUT2D eigenvalue weighted by atomic mass is 9.94. The maximum absolute atomic E-state index is 13.6. The van der Waals surface area contributed by atoms with Crippen LogP contribution in [0.1, 0.15) is 29.9 Å². The SMILES string of the molecule is COC(=O)CSc1nc2sc3c(c2c(=O)n1Cc1ccccc1)CC(C)(C)OC3. The molecule has 6 nitrogen and oxygen atoms in total. The zero-order valence-electron chi connectivity index (χ0n) is 16.6. The molecule has 0 spiro atoms. The van der Waals surface area contributed by atoms with Crippen molar-refractivity contribution in [3.8, 4) is 0 Å². The molecular weight excluding hydrogens is 408 g/mol. The number of benzene rings is 1. The normalized spacial score (nSPS) is 15.3. The molecule has 1 aliphatic heterocycles. The molecular formula is C21H22N2O4S2. The van der Waals surface area contributed by atoms with Crippen molar-refractivity contribution in [3.05, 3.63) is 56.7 Å². The van der Waals surface area contributed by atoms with Gasteiger partial charge in [0.15, 0.2) is 5.16 Å². The van der Waals surface area contributed by atoms with Crippen LogP contribution in [0.3, 0.4) is 0 Å². The molecule has 0 amide bonds. The first-order valence-corrected chi connectivity index (χ1v) is 11.1. The van der Waals surface area contributed by atoms with Crippen molar-refractivity contribution in [2.75, 3.05) is 12.9 Å². The number of nitrogens with zero attached hydrogens (tertiary/aromatic N) is 2. The molecule has 2 aromatic heterocycles. The zero-order valence-corrected chi connectivity index (χ0v) is 18.2. The molecule has 0 unspecified atom stereocenters. The predicted octanol–water partition coefficient (Wildman–Crippen LogP) is 3.62. The molecule has 0 saturated heterocycles. The van der Waals surface area contributed by atoms with Crippen molar-refractivity contribution in [2.45, 2.75) is 44.2 Å². The molecule has 1 aliphatic rings. The Labute approximate surface area is 176 Å². The number of carbonyl (C=O) groups excluding carboxylic acids is 1. The molecule has 3 heterocycles. The lowest BCUT2D eigenvalue weighted by Gasteiger charge is -2.29. The van der Waals surface area contributed by atoms with Gasteiger partial charge in [-0.1, -0.05) is 42.1 Å². The molecule has 4 rings (SSSR count). The van der Waals surface area contributed by atoms with E-state index in [0.717, 1.165) is 16.0 Å². The van der Waals surface area contributed by atoms with Crippen LogP contribution in [-0.2, 0) is 33.8 Å². The van der Waals surface area contributed by atoms with Gasteiger partial charge in [-0.3, -0.25) is 14.2 Å². The number of fused-ring (bicyclic) bond motifs is 3. The number of hydrogen-bond donors (Lipinski definition) is 0. The highest BCUT2D eigenvalue weighted by Gasteiger charge is 2.31. The number of thioether (sulfide) groups is 1. The highest BCUT2D eigenvalue weighted by molar-refractivity contribution is 7.99. The van der Waals surface area contributed by atoms with Gasteiger partial charge in [0.2, 0.25) is 0 Å². The van der Waals surface area contributed by atoms with Gasteiger partial charge in [0.05, 0.1) is 37.0 Å². The fourth-order valence-electron chi connectivity index (χ4n) is 3.41. The monoisotopic (exact) mass is 430 g/mol. The van der Waals surface area contributed by atoms with E-state index in [2.05, 4.69) is 0 Å². The van der Waals surface area contributed by atoms with Crippen LogP contribution in [0, 0.1) is 0 Å². The van der Waals surface area contributed by atoms with E-state index in [4.69, 9.17) is 14.5 Å². The summed E-state index contributed by atoms with van der Waals surface area (Å²) in [4.78, 5) is 31.8. The third-order valence-corrected chi connectivity index (χ3v) is 6.94. The van der Waals surface area contributed by atoms with Crippen LogP contribution in [0.15, 0.2) is 40.3 Å². The summed E-state index contributed by atoms with van der Waals surface area (Å²) in [6.45, 7) is 4.97. The van der Waals surface area contributed by atoms with Crippen molar-refractivity contribution in [1.82, 2.24) is 9.55 Å². The maximum atomic E-state index is 13.6. The largest absolute Gasteiger partial charge is 0.468 e. The van der Waals surface area contributed by atoms with E-state index in [-0.39, 0.29) is 22.9 Å². The van der Waals surface area contributed by atoms with Crippen LogP contribution >= 0.6 is 23.1 Å². The van der Waals surface area contributed by atoms with Crippen LogP contribution in [0.4, 0.5) is 0 Å². The first-order chi connectivity index (χ1) is 13.9. The van der Waals surface area contributed by atoms with Gasteiger partial charge in [0.1, 0.15) is 4.83 Å². The summed E-state index contributed by atoms with van der Waals surface area (Å²) in [7, 11) is 1.35. The molecule has 0 atom stereocenters. The number of esters is 1. The second-order valence-electron chi connectivity index (χ2n) is 7.55. The van der Waals surface area contributed by atoms with Gasteiger partial charge in [-0.05, 0) is 25.0 Å². The Kier molecular flexibility index (Phi) is 5.50. The number of ether oxygens (including phenoxy) is 2. The van der Waals surface area contributed by atoms with Crippen LogP contribution in [0.5, 0.6) is 0 Å². The van der Waals surface area contributed by atoms with Crippen molar-refractivity contribution in [3.63, 3.8) is 0 Å². The quantitative estimate of drug-likeness (QED) is 0.350. The van der Waals surface area contributed by atoms with E-state index >= 15 is 0 Å². The topological polar surface area (TPSA) is 70.4 Å². The van der Waals surface area contributed by atoms with E-state index < -0.39 is 0 Å². The molecule has 0 radical (unpaired) electrons. The molecule has 29 heavy (non-hydrogen) atoms. The van der Waals surface area contributed by atoms with E-state index in [1.165, 1.54) is 30.2 Å². The van der Waals surface area contributed by atoms with Gasteiger partial charge >= 0.3 is 5.97 Å². The lowest BCUT2D eigenvalue weighted by Crippen LogP contribution is -2.32. The zero-order chi connectivity index (χ0) is 20.6. The summed E-state index contributed by atoms with van der Waals surface area (Å²) >= 11 is 2.73. The third-order valence-electron chi connectivity index (χ3n) is 4.89. The average molecular weight is 431 g/mol. The molecule has 0 aliphatic carbocycles. The van der Waals surface area contributed by atoms with Gasteiger partial charge in [0, 0.05) is 11.3 Å². The summed E-state index contributed by atoms with van der Waals surface area (Å²) in [5, 5.41) is 1.20. The fourth-order valence-corrected chi connectivity index (χ4v) is 5.38. The first kappa shape index (κ1) is 20.1. The third kappa shape index (κ3) is 4.10. The van der Waals surface area contributed by atoms with Crippen molar-refractivity contribution in [2.24, 2.45) is 0 Å². The summed E-state index contributed by atoms with van der Waals surface area (Å²) < 4.78 is 12.3. The van der Waals surface area contributed by atoms with Gasteiger partial charge < -0.3 is 9.47 Å². The highest BCUT2D eigenvalue weighted by atomic mass is 32.2. The Balaban J connectivity index is 1.85. The van der Waals surface area contributed by atoms with Crippen LogP contribution in [0.2, 0.25) is 0 Å². The summed E-state index contributed by atoms with van der Waals surface area (Å²) in [5.74, 6) is -0.249. The van der Waals surface area contributed by atoms with Crippen molar-refractivity contribution < 1.29 is 14.3 Å². The maximum Gasteiger partial charge on any atom is 0.316 e. The van der Waals surface area contributed by atoms with Gasteiger partial charge in [-0.2, -0.15) is 0 Å². The number of carbonyl (C=O) groups is 1. The van der Waals surface area contributed by atoms with Gasteiger partial charge in [0.25, 0.3) is 5.56 Å². The molecule has 0 bridgehead atoms. The van der Waals surface area contributed by atoms with E-state index in [1.807, 2.05) is 44.2 Å². The molecule has 3 aromatic rings. The Hall–Kier alpha value is -2.16. The molecule has 8 heteroatoms. The predicted molar refractivity (Wildman–Crippen MR) is 115 cm³/mol. The number of hydrogen-bond acceptors (Lipinski definition) is 7. The van der Waals surface area contributed by atoms with Gasteiger partial charge in [-0.25, -0.2) is 4.98 Å². The van der Waals surface area contributed by atoms with Crippen molar-refractivity contribution in [1.29, 1.82) is 0 Å². The lowest BCUT2D eigenvalue weighted by molar-refractivity contribution is -0.137. The Morgan fingerprint density at radius 3 is 2.83 bits per heavy atom. The van der Waals surface area contributed by atoms with E-state index in [9.17, 15) is 9.59 Å². The molecule has 152 valence electrons. The minimum absolute atomic E-state index is 0.0681. The number of rotatable bonds is 5. The Morgan fingerprint density at radius 1 is 1.34 bits per heavy atom. The van der Waals surface area contributed by atoms with E-state index in [1.54, 1.807) is 4.57 Å². The second-order valence-corrected chi connectivity index (χ2v) is 9.57. The van der Waals surface area contributed by atoms with Crippen LogP contribution in [0.25, 0.3) is 10.2 Å².